The largest absolute Gasteiger partial charge is 0.507 e. The van der Waals surface area contributed by atoms with Crippen molar-refractivity contribution < 1.29 is 14.3 Å². The van der Waals surface area contributed by atoms with Crippen LogP contribution in [0.5, 0.6) is 5.75 Å². The van der Waals surface area contributed by atoms with Crippen molar-refractivity contribution in [1.29, 1.82) is 0 Å². The molecule has 0 bridgehead atoms. The smallest absolute Gasteiger partial charge is 0.267 e. The molecule has 0 unspecified atom stereocenters. The van der Waals surface area contributed by atoms with Crippen molar-refractivity contribution in [3.8, 4) is 5.75 Å². The number of benzene rings is 2. The number of rotatable bonds is 5. The third-order valence-corrected chi connectivity index (χ3v) is 6.24. The van der Waals surface area contributed by atoms with E-state index in [4.69, 9.17) is 4.42 Å². The molecule has 31 heavy (non-hydrogen) atoms. The molecule has 2 aromatic carbocycles. The zero-order valence-corrected chi connectivity index (χ0v) is 19.9. The van der Waals surface area contributed by atoms with E-state index >= 15 is 0 Å². The van der Waals surface area contributed by atoms with Crippen molar-refractivity contribution in [2.45, 2.75) is 6.54 Å². The lowest BCUT2D eigenvalue weighted by Crippen LogP contribution is -2.28. The molecule has 156 valence electrons. The summed E-state index contributed by atoms with van der Waals surface area (Å²) in [5.41, 5.74) is 1.41. The molecule has 0 spiro atoms. The minimum absolute atomic E-state index is 0.0831. The van der Waals surface area contributed by atoms with Crippen LogP contribution in [-0.4, -0.2) is 27.3 Å². The summed E-state index contributed by atoms with van der Waals surface area (Å²) < 4.78 is 7.14. The Morgan fingerprint density at radius 2 is 1.94 bits per heavy atom. The highest BCUT2D eigenvalue weighted by Gasteiger charge is 2.34. The van der Waals surface area contributed by atoms with Crippen LogP contribution in [0, 0.1) is 0 Å². The van der Waals surface area contributed by atoms with E-state index in [9.17, 15) is 9.90 Å². The van der Waals surface area contributed by atoms with Crippen molar-refractivity contribution in [2.75, 3.05) is 0 Å². The molecule has 1 amide bonds. The van der Waals surface area contributed by atoms with Crippen LogP contribution in [0.3, 0.4) is 0 Å². The molecule has 1 aromatic heterocycles. The van der Waals surface area contributed by atoms with Gasteiger partial charge in [0.05, 0.1) is 23.9 Å². The molecule has 0 saturated carbocycles. The van der Waals surface area contributed by atoms with Crippen LogP contribution in [0.25, 0.3) is 6.08 Å². The number of furan rings is 1. The predicted octanol–water partition coefficient (Wildman–Crippen LogP) is 6.02. The van der Waals surface area contributed by atoms with Gasteiger partial charge in [0.1, 0.15) is 11.5 Å². The highest BCUT2D eigenvalue weighted by Crippen LogP contribution is 2.35. The van der Waals surface area contributed by atoms with Crippen LogP contribution in [0.4, 0.5) is 0 Å². The van der Waals surface area contributed by atoms with Gasteiger partial charge in [-0.05, 0) is 65.9 Å². The van der Waals surface area contributed by atoms with Gasteiger partial charge in [-0.3, -0.25) is 9.69 Å². The molecular weight excluding hydrogens is 546 g/mol. The molecule has 4 rings (SSSR count). The molecule has 1 aliphatic rings. The Morgan fingerprint density at radius 3 is 2.71 bits per heavy atom. The summed E-state index contributed by atoms with van der Waals surface area (Å²) in [6.45, 7) is 0.228. The Hall–Kier alpha value is -2.62. The Bertz CT molecular complexity index is 1210. The lowest BCUT2D eigenvalue weighted by atomic mass is 10.2. The first-order valence-electron chi connectivity index (χ1n) is 9.08. The lowest BCUT2D eigenvalue weighted by Gasteiger charge is -2.12. The first-order valence-corrected chi connectivity index (χ1v) is 11.5. The van der Waals surface area contributed by atoms with Crippen LogP contribution in [0.15, 0.2) is 89.3 Å². The van der Waals surface area contributed by atoms with Crippen LogP contribution in [0.2, 0.25) is 0 Å². The second kappa shape index (κ2) is 9.67. The molecule has 1 aliphatic heterocycles. The number of phenolic OH excluding ortho intramolecular Hbond substituents is 1. The summed E-state index contributed by atoms with van der Waals surface area (Å²) in [5, 5.41) is 19.0. The predicted molar refractivity (Wildman–Crippen MR) is 130 cm³/mol. The third-order valence-electron chi connectivity index (χ3n) is 4.26. The van der Waals surface area contributed by atoms with Gasteiger partial charge in [0.25, 0.3) is 5.91 Å². The fourth-order valence-electron chi connectivity index (χ4n) is 2.79. The van der Waals surface area contributed by atoms with Crippen molar-refractivity contribution in [3.63, 3.8) is 0 Å². The van der Waals surface area contributed by atoms with Gasteiger partial charge in [-0.15, -0.1) is 5.10 Å². The number of carbonyl (C=O) groups excluding carboxylic acids is 1. The number of phenols is 1. The number of carbonyl (C=O) groups is 1. The summed E-state index contributed by atoms with van der Waals surface area (Å²) >= 11 is 8.00. The fourth-order valence-corrected chi connectivity index (χ4v) is 4.52. The standard InChI is InChI=1S/C22H15Br2N3O3S/c23-16-4-1-3-14(9-16)12-25-26-22-27(13-18-5-2-8-30-18)21(29)20(31-22)11-15-10-17(24)6-7-19(15)28/h1-12,28H,13H2/b20-11-,25-12+,26-22-. The van der Waals surface area contributed by atoms with Crippen LogP contribution in [-0.2, 0) is 11.3 Å². The normalized spacial score (nSPS) is 16.8. The second-order valence-corrected chi connectivity index (χ2v) is 9.31. The Morgan fingerprint density at radius 1 is 1.10 bits per heavy atom. The molecule has 9 heteroatoms. The quantitative estimate of drug-likeness (QED) is 0.235. The first-order chi connectivity index (χ1) is 15.0. The average Bonchev–Trinajstić information content (AvgIpc) is 3.35. The zero-order chi connectivity index (χ0) is 21.8. The monoisotopic (exact) mass is 559 g/mol. The highest BCUT2D eigenvalue weighted by molar-refractivity contribution is 9.10. The molecule has 3 aromatic rings. The van der Waals surface area contributed by atoms with Crippen LogP contribution >= 0.6 is 43.6 Å². The number of halogens is 2. The minimum atomic E-state index is -0.239. The zero-order valence-electron chi connectivity index (χ0n) is 15.9. The topological polar surface area (TPSA) is 78.4 Å². The van der Waals surface area contributed by atoms with E-state index in [0.717, 1.165) is 14.5 Å². The van der Waals surface area contributed by atoms with E-state index in [-0.39, 0.29) is 18.2 Å². The van der Waals surface area contributed by atoms with E-state index in [1.165, 1.54) is 16.7 Å². The van der Waals surface area contributed by atoms with E-state index in [1.54, 1.807) is 48.9 Å². The fraction of sp³-hybridized carbons (Fsp3) is 0.0455. The van der Waals surface area contributed by atoms with E-state index in [0.29, 0.717) is 21.4 Å². The number of hydrogen-bond donors (Lipinski definition) is 1. The minimum Gasteiger partial charge on any atom is -0.507 e. The van der Waals surface area contributed by atoms with Crippen LogP contribution in [0.1, 0.15) is 16.9 Å². The van der Waals surface area contributed by atoms with Crippen LogP contribution < -0.4 is 0 Å². The molecular formula is C22H15Br2N3O3S. The molecule has 0 atom stereocenters. The van der Waals surface area contributed by atoms with Gasteiger partial charge >= 0.3 is 0 Å². The van der Waals surface area contributed by atoms with Gasteiger partial charge in [0.15, 0.2) is 5.17 Å². The Balaban J connectivity index is 1.65. The van der Waals surface area contributed by atoms with Gasteiger partial charge < -0.3 is 9.52 Å². The number of amidine groups is 1. The molecule has 1 fully saturated rings. The van der Waals surface area contributed by atoms with Crippen molar-refractivity contribution in [1.82, 2.24) is 4.90 Å². The number of nitrogens with zero attached hydrogens (tertiary/aromatic N) is 3. The summed E-state index contributed by atoms with van der Waals surface area (Å²) in [5.74, 6) is 0.473. The molecule has 0 aliphatic carbocycles. The Kier molecular flexibility index (Phi) is 6.74. The first kappa shape index (κ1) is 21.6. The number of amides is 1. The molecule has 1 N–H and O–H groups in total. The highest BCUT2D eigenvalue weighted by atomic mass is 79.9. The maximum absolute atomic E-state index is 13.1. The van der Waals surface area contributed by atoms with Crippen molar-refractivity contribution in [2.24, 2.45) is 10.2 Å². The molecule has 1 saturated heterocycles. The average molecular weight is 561 g/mol. The summed E-state index contributed by atoms with van der Waals surface area (Å²) in [6.07, 6.45) is 4.82. The lowest BCUT2D eigenvalue weighted by molar-refractivity contribution is -0.122. The SMILES string of the molecule is O=C1/C(=C/c2cc(Br)ccc2O)S/C(=N\N=C\c2cccc(Br)c2)N1Cc1ccco1. The van der Waals surface area contributed by atoms with E-state index in [1.807, 2.05) is 24.3 Å². The maximum atomic E-state index is 13.1. The van der Waals surface area contributed by atoms with Gasteiger partial charge in [-0.25, -0.2) is 0 Å². The summed E-state index contributed by atoms with van der Waals surface area (Å²) in [6, 6.07) is 16.3. The maximum Gasteiger partial charge on any atom is 0.267 e. The number of hydrogen-bond acceptors (Lipinski definition) is 6. The van der Waals surface area contributed by atoms with Gasteiger partial charge in [-0.1, -0.05) is 44.0 Å². The van der Waals surface area contributed by atoms with E-state index < -0.39 is 0 Å². The number of aromatic hydroxyl groups is 1. The summed E-state index contributed by atoms with van der Waals surface area (Å²) in [7, 11) is 0. The number of thioether (sulfide) groups is 1. The second-order valence-electron chi connectivity index (χ2n) is 6.47. The molecule has 2 heterocycles. The molecule has 0 radical (unpaired) electrons. The van der Waals surface area contributed by atoms with Gasteiger partial charge in [-0.2, -0.15) is 5.10 Å². The van der Waals surface area contributed by atoms with E-state index in [2.05, 4.69) is 42.1 Å². The van der Waals surface area contributed by atoms with Crippen molar-refractivity contribution >= 4 is 67.0 Å². The third kappa shape index (κ3) is 5.36. The summed E-state index contributed by atoms with van der Waals surface area (Å²) in [4.78, 5) is 15.0. The van der Waals surface area contributed by atoms with Gasteiger partial charge in [0, 0.05) is 14.5 Å². The van der Waals surface area contributed by atoms with Gasteiger partial charge in [0.2, 0.25) is 0 Å². The van der Waals surface area contributed by atoms with Crippen molar-refractivity contribution in [3.05, 3.63) is 91.6 Å². The Labute approximate surface area is 199 Å². The molecule has 6 nitrogen and oxygen atoms in total.